The fourth-order valence-corrected chi connectivity index (χ4v) is 4.00. The lowest BCUT2D eigenvalue weighted by molar-refractivity contribution is -0.113. The summed E-state index contributed by atoms with van der Waals surface area (Å²) in [5.74, 6) is -1.18. The summed E-state index contributed by atoms with van der Waals surface area (Å²) in [4.78, 5) is 36.0. The minimum Gasteiger partial charge on any atom is -0.478 e. The molecule has 0 spiro atoms. The van der Waals surface area contributed by atoms with Crippen LogP contribution < -0.4 is 10.6 Å². The predicted octanol–water partition coefficient (Wildman–Crippen LogP) is 4.04. The van der Waals surface area contributed by atoms with Gasteiger partial charge in [0, 0.05) is 22.8 Å². The number of thioether (sulfide) groups is 1. The van der Waals surface area contributed by atoms with Crippen LogP contribution in [0.5, 0.6) is 0 Å². The van der Waals surface area contributed by atoms with Gasteiger partial charge < -0.3 is 20.3 Å². The highest BCUT2D eigenvalue weighted by Crippen LogP contribution is 2.22. The van der Waals surface area contributed by atoms with Crippen molar-refractivity contribution in [1.82, 2.24) is 20.1 Å². The third kappa shape index (κ3) is 6.46. The molecular formula is C23H22ClN5O4S. The smallest absolute Gasteiger partial charge is 0.335 e. The number of hydrogen-bond donors (Lipinski definition) is 3. The van der Waals surface area contributed by atoms with Gasteiger partial charge in [0.1, 0.15) is 0 Å². The SMILES string of the molecule is C=CCn1c(SCC(=O)Nc2cccc(C(=O)O)c2)nnc1C(C)NC(=O)c1cccc(Cl)c1. The first-order chi connectivity index (χ1) is 16.3. The Labute approximate surface area is 205 Å². The number of carbonyl (C=O) groups is 3. The Morgan fingerprint density at radius 1 is 1.18 bits per heavy atom. The van der Waals surface area contributed by atoms with Crippen LogP contribution in [-0.4, -0.2) is 43.4 Å². The highest BCUT2D eigenvalue weighted by atomic mass is 35.5. The molecule has 176 valence electrons. The number of carboxylic acids is 1. The summed E-state index contributed by atoms with van der Waals surface area (Å²) in [5.41, 5.74) is 0.887. The monoisotopic (exact) mass is 499 g/mol. The number of carboxylic acid groups (broad SMARTS) is 1. The van der Waals surface area contributed by atoms with Crippen molar-refractivity contribution >= 4 is 46.8 Å². The van der Waals surface area contributed by atoms with Crippen molar-refractivity contribution in [3.05, 3.63) is 83.2 Å². The lowest BCUT2D eigenvalue weighted by Gasteiger charge is -2.15. The molecule has 2 aromatic carbocycles. The number of nitrogens with one attached hydrogen (secondary N) is 2. The molecule has 9 nitrogen and oxygen atoms in total. The molecule has 1 unspecified atom stereocenters. The van der Waals surface area contributed by atoms with E-state index >= 15 is 0 Å². The van der Waals surface area contributed by atoms with Crippen LogP contribution in [0.3, 0.4) is 0 Å². The number of rotatable bonds is 10. The Bertz CT molecular complexity index is 1230. The molecule has 0 aliphatic carbocycles. The normalized spacial score (nSPS) is 11.5. The van der Waals surface area contributed by atoms with E-state index in [0.717, 1.165) is 11.8 Å². The summed E-state index contributed by atoms with van der Waals surface area (Å²) in [6.45, 7) is 5.91. The first-order valence-electron chi connectivity index (χ1n) is 10.1. The zero-order valence-corrected chi connectivity index (χ0v) is 19.8. The molecule has 3 rings (SSSR count). The molecule has 1 heterocycles. The number of nitrogens with zero attached hydrogens (tertiary/aromatic N) is 3. The van der Waals surface area contributed by atoms with Crippen molar-refractivity contribution in [2.24, 2.45) is 0 Å². The van der Waals surface area contributed by atoms with Gasteiger partial charge in [-0.25, -0.2) is 4.79 Å². The molecule has 3 aromatic rings. The van der Waals surface area contributed by atoms with Crippen LogP contribution in [0.4, 0.5) is 5.69 Å². The third-order valence-corrected chi connectivity index (χ3v) is 5.81. The Hall–Kier alpha value is -3.63. The lowest BCUT2D eigenvalue weighted by Crippen LogP contribution is -2.28. The average molecular weight is 500 g/mol. The van der Waals surface area contributed by atoms with E-state index in [1.165, 1.54) is 12.1 Å². The number of benzene rings is 2. The van der Waals surface area contributed by atoms with Crippen molar-refractivity contribution in [1.29, 1.82) is 0 Å². The Kier molecular flexibility index (Phi) is 8.44. The average Bonchev–Trinajstić information content (AvgIpc) is 3.20. The summed E-state index contributed by atoms with van der Waals surface area (Å²) in [5, 5.41) is 23.9. The van der Waals surface area contributed by atoms with Crippen LogP contribution in [0.25, 0.3) is 0 Å². The van der Waals surface area contributed by atoms with Gasteiger partial charge in [-0.15, -0.1) is 16.8 Å². The molecule has 0 saturated heterocycles. The van der Waals surface area contributed by atoms with E-state index in [9.17, 15) is 14.4 Å². The van der Waals surface area contributed by atoms with Crippen LogP contribution in [0.1, 0.15) is 39.5 Å². The highest BCUT2D eigenvalue weighted by molar-refractivity contribution is 7.99. The number of carbonyl (C=O) groups excluding carboxylic acids is 2. The van der Waals surface area contributed by atoms with Gasteiger partial charge in [-0.2, -0.15) is 0 Å². The molecule has 0 aliphatic rings. The summed E-state index contributed by atoms with van der Waals surface area (Å²) in [7, 11) is 0. The maximum Gasteiger partial charge on any atom is 0.335 e. The van der Waals surface area contributed by atoms with Gasteiger partial charge >= 0.3 is 5.97 Å². The summed E-state index contributed by atoms with van der Waals surface area (Å²) in [6, 6.07) is 12.1. The van der Waals surface area contributed by atoms with Crippen LogP contribution in [0.15, 0.2) is 66.3 Å². The first kappa shape index (κ1) is 25.0. The second-order valence-electron chi connectivity index (χ2n) is 7.17. The molecule has 34 heavy (non-hydrogen) atoms. The third-order valence-electron chi connectivity index (χ3n) is 4.60. The van der Waals surface area contributed by atoms with Gasteiger partial charge in [0.2, 0.25) is 5.91 Å². The van der Waals surface area contributed by atoms with E-state index in [1.807, 2.05) is 0 Å². The van der Waals surface area contributed by atoms with Crippen molar-refractivity contribution in [2.45, 2.75) is 24.7 Å². The number of anilines is 1. The van der Waals surface area contributed by atoms with Gasteiger partial charge in [-0.1, -0.05) is 41.6 Å². The minimum absolute atomic E-state index is 0.0236. The molecule has 0 saturated carbocycles. The van der Waals surface area contributed by atoms with Crippen molar-refractivity contribution in [2.75, 3.05) is 11.1 Å². The van der Waals surface area contributed by atoms with Gasteiger partial charge in [0.15, 0.2) is 11.0 Å². The van der Waals surface area contributed by atoms with Gasteiger partial charge in [0.05, 0.1) is 17.4 Å². The zero-order valence-electron chi connectivity index (χ0n) is 18.2. The Morgan fingerprint density at radius 3 is 2.62 bits per heavy atom. The fraction of sp³-hybridized carbons (Fsp3) is 0.174. The molecule has 0 aliphatic heterocycles. The topological polar surface area (TPSA) is 126 Å². The molecule has 11 heteroatoms. The van der Waals surface area contributed by atoms with E-state index in [2.05, 4.69) is 27.4 Å². The number of halogens is 1. The number of aromatic carboxylic acids is 1. The lowest BCUT2D eigenvalue weighted by atomic mass is 10.2. The fourth-order valence-electron chi connectivity index (χ4n) is 3.06. The Morgan fingerprint density at radius 2 is 1.91 bits per heavy atom. The second kappa shape index (κ2) is 11.5. The molecule has 2 amide bonds. The summed E-state index contributed by atoms with van der Waals surface area (Å²) in [6.07, 6.45) is 1.67. The van der Waals surface area contributed by atoms with E-state index in [0.29, 0.717) is 33.8 Å². The van der Waals surface area contributed by atoms with Crippen LogP contribution in [0.2, 0.25) is 5.02 Å². The van der Waals surface area contributed by atoms with Crippen LogP contribution >= 0.6 is 23.4 Å². The Balaban J connectivity index is 1.66. The van der Waals surface area contributed by atoms with Crippen molar-refractivity contribution in [3.63, 3.8) is 0 Å². The zero-order chi connectivity index (χ0) is 24.7. The van der Waals surface area contributed by atoms with Crippen molar-refractivity contribution < 1.29 is 19.5 Å². The van der Waals surface area contributed by atoms with E-state index < -0.39 is 12.0 Å². The van der Waals surface area contributed by atoms with Crippen molar-refractivity contribution in [3.8, 4) is 0 Å². The maximum absolute atomic E-state index is 12.6. The van der Waals surface area contributed by atoms with Crippen LogP contribution in [-0.2, 0) is 11.3 Å². The second-order valence-corrected chi connectivity index (χ2v) is 8.55. The van der Waals surface area contributed by atoms with E-state index in [1.54, 1.807) is 54.0 Å². The molecule has 1 aromatic heterocycles. The van der Waals surface area contributed by atoms with E-state index in [-0.39, 0.29) is 23.1 Å². The molecule has 0 bridgehead atoms. The first-order valence-corrected chi connectivity index (χ1v) is 11.5. The largest absolute Gasteiger partial charge is 0.478 e. The molecule has 0 fully saturated rings. The number of amides is 2. The molecule has 3 N–H and O–H groups in total. The summed E-state index contributed by atoms with van der Waals surface area (Å²) < 4.78 is 1.76. The molecule has 1 atom stereocenters. The minimum atomic E-state index is -1.08. The van der Waals surface area contributed by atoms with Gasteiger partial charge in [0.25, 0.3) is 5.91 Å². The van der Waals surface area contributed by atoms with E-state index in [4.69, 9.17) is 16.7 Å². The number of allylic oxidation sites excluding steroid dienone is 1. The van der Waals surface area contributed by atoms with Crippen LogP contribution in [0, 0.1) is 0 Å². The number of hydrogen-bond acceptors (Lipinski definition) is 6. The highest BCUT2D eigenvalue weighted by Gasteiger charge is 2.20. The molecule has 0 radical (unpaired) electrons. The maximum atomic E-state index is 12.6. The quantitative estimate of drug-likeness (QED) is 0.284. The van der Waals surface area contributed by atoms with Gasteiger partial charge in [-0.3, -0.25) is 9.59 Å². The predicted molar refractivity (Wildman–Crippen MR) is 130 cm³/mol. The number of aromatic nitrogens is 3. The van der Waals surface area contributed by atoms with Gasteiger partial charge in [-0.05, 0) is 43.3 Å². The molecular weight excluding hydrogens is 478 g/mol. The standard InChI is InChI=1S/C23H22ClN5O4S/c1-3-10-29-20(14(2)25-21(31)15-6-4-8-17(24)11-15)27-28-23(29)34-13-19(30)26-18-9-5-7-16(12-18)22(32)33/h3-9,11-12,14H,1,10,13H2,2H3,(H,25,31)(H,26,30)(H,32,33). The summed E-state index contributed by atoms with van der Waals surface area (Å²) >= 11 is 7.13.